The highest BCUT2D eigenvalue weighted by atomic mass is 16.6. The second-order valence-corrected chi connectivity index (χ2v) is 6.22. The Kier molecular flexibility index (Phi) is 3.09. The highest BCUT2D eigenvalue weighted by Crippen LogP contribution is 2.49. The number of fused-ring (bicyclic) bond motifs is 3. The normalized spacial score (nSPS) is 42.9. The molecule has 0 aromatic carbocycles. The van der Waals surface area contributed by atoms with Crippen LogP contribution in [-0.2, 0) is 19.1 Å². The van der Waals surface area contributed by atoms with Gasteiger partial charge in [-0.15, -0.1) is 0 Å². The largest absolute Gasteiger partial charge is 0.455 e. The zero-order valence-electron chi connectivity index (χ0n) is 12.0. The lowest BCUT2D eigenvalue weighted by atomic mass is 9.83. The number of esters is 1. The Morgan fingerprint density at radius 1 is 1.50 bits per heavy atom. The molecule has 4 heteroatoms. The Hall–Kier alpha value is -1.42. The van der Waals surface area contributed by atoms with Gasteiger partial charge in [0, 0.05) is 11.5 Å². The minimum Gasteiger partial charge on any atom is -0.455 e. The van der Waals surface area contributed by atoms with E-state index in [0.717, 1.165) is 24.8 Å². The zero-order chi connectivity index (χ0) is 14.5. The predicted molar refractivity (Wildman–Crippen MR) is 73.0 cm³/mol. The summed E-state index contributed by atoms with van der Waals surface area (Å²) >= 11 is 0. The predicted octanol–water partition coefficient (Wildman–Crippen LogP) is 2.33. The number of rotatable bonds is 1. The first kappa shape index (κ1) is 13.6. The van der Waals surface area contributed by atoms with Gasteiger partial charge in [-0.2, -0.15) is 0 Å². The third-order valence-corrected chi connectivity index (χ3v) is 4.80. The Morgan fingerprint density at radius 3 is 2.95 bits per heavy atom. The second-order valence-electron chi connectivity index (χ2n) is 6.22. The van der Waals surface area contributed by atoms with Crippen LogP contribution >= 0.6 is 0 Å². The van der Waals surface area contributed by atoms with E-state index in [2.05, 4.69) is 6.58 Å². The summed E-state index contributed by atoms with van der Waals surface area (Å²) in [5.74, 6) is -0.239. The van der Waals surface area contributed by atoms with Crippen molar-refractivity contribution in [2.75, 3.05) is 0 Å². The van der Waals surface area contributed by atoms with E-state index in [9.17, 15) is 9.59 Å². The molecule has 0 unspecified atom stereocenters. The summed E-state index contributed by atoms with van der Waals surface area (Å²) in [6.45, 7) is 7.50. The molecule has 0 bridgehead atoms. The molecule has 0 aromatic heterocycles. The number of ether oxygens (including phenoxy) is 2. The molecule has 4 nitrogen and oxygen atoms in total. The molecule has 2 fully saturated rings. The summed E-state index contributed by atoms with van der Waals surface area (Å²) in [5.41, 5.74) is 1.14. The second kappa shape index (κ2) is 4.55. The Labute approximate surface area is 118 Å². The highest BCUT2D eigenvalue weighted by molar-refractivity contribution is 5.93. The molecule has 2 aliphatic heterocycles. The molecular weight excluding hydrogens is 256 g/mol. The fraction of sp³-hybridized carbons (Fsp3) is 0.625. The van der Waals surface area contributed by atoms with E-state index in [0.29, 0.717) is 12.0 Å². The van der Waals surface area contributed by atoms with Gasteiger partial charge in [-0.25, -0.2) is 4.79 Å². The summed E-state index contributed by atoms with van der Waals surface area (Å²) in [6, 6.07) is 0. The van der Waals surface area contributed by atoms with Gasteiger partial charge in [0.1, 0.15) is 12.2 Å². The van der Waals surface area contributed by atoms with Crippen molar-refractivity contribution in [2.24, 2.45) is 5.92 Å². The van der Waals surface area contributed by atoms with E-state index in [4.69, 9.17) is 9.47 Å². The van der Waals surface area contributed by atoms with E-state index in [1.165, 1.54) is 0 Å². The number of carbonyl (C=O) groups excluding carboxylic acids is 2. The lowest BCUT2D eigenvalue weighted by Crippen LogP contribution is -2.29. The van der Waals surface area contributed by atoms with Crippen LogP contribution in [0.1, 0.15) is 39.5 Å². The number of epoxide rings is 1. The quantitative estimate of drug-likeness (QED) is 0.419. The molecule has 0 saturated carbocycles. The summed E-state index contributed by atoms with van der Waals surface area (Å²) in [7, 11) is 0. The molecule has 0 N–H and O–H groups in total. The number of hydrogen-bond acceptors (Lipinski definition) is 4. The average Bonchev–Trinajstić information content (AvgIpc) is 2.97. The van der Waals surface area contributed by atoms with Gasteiger partial charge in [0.25, 0.3) is 0 Å². The third-order valence-electron chi connectivity index (χ3n) is 4.80. The molecule has 0 amide bonds. The molecule has 0 radical (unpaired) electrons. The van der Waals surface area contributed by atoms with Gasteiger partial charge in [-0.3, -0.25) is 4.79 Å². The number of Topliss-reactive ketones (excluding diaryl/α,β-unsaturated/α-hetero) is 1. The average molecular weight is 276 g/mol. The van der Waals surface area contributed by atoms with Crippen LogP contribution in [0.25, 0.3) is 0 Å². The third kappa shape index (κ3) is 2.12. The van der Waals surface area contributed by atoms with Crippen LogP contribution in [0.3, 0.4) is 0 Å². The molecule has 0 spiro atoms. The summed E-state index contributed by atoms with van der Waals surface area (Å²) in [5, 5.41) is 0. The Morgan fingerprint density at radius 2 is 2.25 bits per heavy atom. The van der Waals surface area contributed by atoms with Crippen LogP contribution in [-0.4, -0.2) is 29.6 Å². The van der Waals surface area contributed by atoms with E-state index in [1.807, 2.05) is 13.0 Å². The minimum atomic E-state index is -0.314. The molecule has 2 saturated heterocycles. The smallest absolute Gasteiger partial charge is 0.334 e. The molecule has 0 aromatic rings. The van der Waals surface area contributed by atoms with Crippen molar-refractivity contribution in [3.63, 3.8) is 0 Å². The summed E-state index contributed by atoms with van der Waals surface area (Å²) < 4.78 is 11.3. The first-order valence-electron chi connectivity index (χ1n) is 7.20. The van der Waals surface area contributed by atoms with Gasteiger partial charge in [0.15, 0.2) is 5.78 Å². The van der Waals surface area contributed by atoms with Crippen LogP contribution in [0, 0.1) is 5.92 Å². The maximum atomic E-state index is 11.8. The SMILES string of the molecule is C=C1C(=O)O[C@H]2[C@H]1CC/C(C(C)=O)=C\CC[C@@]1(C)O[C@@H]21. The van der Waals surface area contributed by atoms with Crippen LogP contribution in [0.15, 0.2) is 23.8 Å². The lowest BCUT2D eigenvalue weighted by molar-refractivity contribution is -0.140. The maximum Gasteiger partial charge on any atom is 0.334 e. The van der Waals surface area contributed by atoms with Crippen molar-refractivity contribution < 1.29 is 19.1 Å². The fourth-order valence-electron chi connectivity index (χ4n) is 3.38. The van der Waals surface area contributed by atoms with E-state index >= 15 is 0 Å². The van der Waals surface area contributed by atoms with Gasteiger partial charge in [0.2, 0.25) is 0 Å². The molecular formula is C16H20O4. The minimum absolute atomic E-state index is 0.0250. The van der Waals surface area contributed by atoms with Gasteiger partial charge < -0.3 is 9.47 Å². The van der Waals surface area contributed by atoms with Crippen LogP contribution in [0.5, 0.6) is 0 Å². The van der Waals surface area contributed by atoms with Crippen molar-refractivity contribution in [1.82, 2.24) is 0 Å². The lowest BCUT2D eigenvalue weighted by Gasteiger charge is -2.19. The summed E-state index contributed by atoms with van der Waals surface area (Å²) in [6.07, 6.45) is 4.84. The Balaban J connectivity index is 1.88. The molecule has 3 rings (SSSR count). The Bertz CT molecular complexity index is 519. The summed E-state index contributed by atoms with van der Waals surface area (Å²) in [4.78, 5) is 23.4. The van der Waals surface area contributed by atoms with Crippen LogP contribution in [0.4, 0.5) is 0 Å². The van der Waals surface area contributed by atoms with Gasteiger partial charge in [-0.1, -0.05) is 12.7 Å². The maximum absolute atomic E-state index is 11.8. The number of allylic oxidation sites excluding steroid dienone is 2. The van der Waals surface area contributed by atoms with Crippen molar-refractivity contribution in [3.8, 4) is 0 Å². The van der Waals surface area contributed by atoms with E-state index < -0.39 is 0 Å². The monoisotopic (exact) mass is 276 g/mol. The zero-order valence-corrected chi connectivity index (χ0v) is 12.0. The van der Waals surface area contributed by atoms with Crippen molar-refractivity contribution in [2.45, 2.75) is 57.3 Å². The van der Waals surface area contributed by atoms with Crippen molar-refractivity contribution in [3.05, 3.63) is 23.8 Å². The molecule has 1 aliphatic carbocycles. The van der Waals surface area contributed by atoms with Gasteiger partial charge in [-0.05, 0) is 45.1 Å². The fourth-order valence-corrected chi connectivity index (χ4v) is 3.38. The first-order chi connectivity index (χ1) is 9.42. The topological polar surface area (TPSA) is 55.9 Å². The molecule has 2 heterocycles. The van der Waals surface area contributed by atoms with Crippen LogP contribution in [0.2, 0.25) is 0 Å². The molecule has 108 valence electrons. The van der Waals surface area contributed by atoms with Crippen molar-refractivity contribution in [1.29, 1.82) is 0 Å². The number of carbonyl (C=O) groups is 2. The number of ketones is 1. The molecule has 3 aliphatic rings. The molecule has 4 atom stereocenters. The van der Waals surface area contributed by atoms with Crippen molar-refractivity contribution >= 4 is 11.8 Å². The van der Waals surface area contributed by atoms with Crippen LogP contribution < -0.4 is 0 Å². The highest BCUT2D eigenvalue weighted by Gasteiger charge is 2.61. The van der Waals surface area contributed by atoms with E-state index in [1.54, 1.807) is 6.92 Å². The number of hydrogen-bond donors (Lipinski definition) is 0. The van der Waals surface area contributed by atoms with Gasteiger partial charge in [0.05, 0.1) is 5.60 Å². The standard InChI is InChI=1S/C16H20O4/c1-9-12-7-6-11(10(2)17)5-4-8-16(3)14(20-16)13(12)19-15(9)18/h5,12-14H,1,4,6-8H2,2-3H3/b11-5+/t12-,13-,14-,16+/m0/s1. The molecule has 20 heavy (non-hydrogen) atoms. The van der Waals surface area contributed by atoms with E-state index in [-0.39, 0.29) is 35.5 Å². The first-order valence-corrected chi connectivity index (χ1v) is 7.20. The van der Waals surface area contributed by atoms with Gasteiger partial charge >= 0.3 is 5.97 Å².